The lowest BCUT2D eigenvalue weighted by atomic mass is 10.2. The van der Waals surface area contributed by atoms with E-state index in [2.05, 4.69) is 30.9 Å². The van der Waals surface area contributed by atoms with Crippen molar-refractivity contribution in [3.63, 3.8) is 0 Å². The number of nitrogens with zero attached hydrogens (tertiary/aromatic N) is 4. The highest BCUT2D eigenvalue weighted by molar-refractivity contribution is 6.42. The monoisotopic (exact) mass is 271 g/mol. The largest absolute Gasteiger partial charge is 0.345 e. The van der Waals surface area contributed by atoms with Crippen molar-refractivity contribution in [1.29, 1.82) is 0 Å². The first-order chi connectivity index (χ1) is 9.72. The van der Waals surface area contributed by atoms with E-state index in [1.54, 1.807) is 24.5 Å². The Morgan fingerprint density at radius 1 is 1.15 bits per heavy atom. The maximum atomic E-state index is 11.7. The van der Waals surface area contributed by atoms with Gasteiger partial charge in [0.05, 0.1) is 17.4 Å². The number of amides is 2. The Labute approximate surface area is 112 Å². The summed E-state index contributed by atoms with van der Waals surface area (Å²) in [5.74, 6) is -1.62. The van der Waals surface area contributed by atoms with Crippen molar-refractivity contribution in [3.05, 3.63) is 37.2 Å². The second-order valence-electron chi connectivity index (χ2n) is 3.90. The number of aromatic amines is 1. The zero-order valence-electron chi connectivity index (χ0n) is 10.1. The van der Waals surface area contributed by atoms with E-state index in [4.69, 9.17) is 0 Å². The number of benzene rings is 1. The third kappa shape index (κ3) is 2.32. The first kappa shape index (κ1) is 11.8. The molecule has 3 aromatic rings. The predicted octanol–water partition coefficient (Wildman–Crippen LogP) is -0.137. The highest BCUT2D eigenvalue weighted by Gasteiger charge is 2.14. The van der Waals surface area contributed by atoms with Crippen LogP contribution in [0.25, 0.3) is 11.0 Å². The molecule has 0 spiro atoms. The maximum absolute atomic E-state index is 11.7. The lowest BCUT2D eigenvalue weighted by molar-refractivity contribution is -0.133. The Bertz CT molecular complexity index is 762. The van der Waals surface area contributed by atoms with Crippen LogP contribution >= 0.6 is 0 Å². The van der Waals surface area contributed by atoms with Gasteiger partial charge in [-0.15, -0.1) is 10.2 Å². The molecule has 0 aliphatic rings. The molecule has 20 heavy (non-hydrogen) atoms. The van der Waals surface area contributed by atoms with Gasteiger partial charge in [0, 0.05) is 5.69 Å². The summed E-state index contributed by atoms with van der Waals surface area (Å²) in [6.45, 7) is 0. The molecule has 0 saturated heterocycles. The highest BCUT2D eigenvalue weighted by Crippen LogP contribution is 2.15. The minimum Gasteiger partial charge on any atom is -0.345 e. The average molecular weight is 271 g/mol. The number of imidazole rings is 1. The quantitative estimate of drug-likeness (QED) is 0.561. The molecular weight excluding hydrogens is 262 g/mol. The van der Waals surface area contributed by atoms with E-state index in [9.17, 15) is 9.59 Å². The number of carbonyl (C=O) groups excluding carboxylic acids is 2. The molecular formula is C11H9N7O2. The lowest BCUT2D eigenvalue weighted by Crippen LogP contribution is -2.33. The van der Waals surface area contributed by atoms with Gasteiger partial charge in [-0.25, -0.2) is 9.66 Å². The normalized spacial score (nSPS) is 10.4. The molecule has 0 bridgehead atoms. The van der Waals surface area contributed by atoms with Crippen LogP contribution < -0.4 is 10.7 Å². The van der Waals surface area contributed by atoms with Crippen LogP contribution in [0.15, 0.2) is 37.2 Å². The molecule has 2 amide bonds. The number of anilines is 1. The molecule has 0 unspecified atom stereocenters. The van der Waals surface area contributed by atoms with Crippen molar-refractivity contribution in [1.82, 2.24) is 24.8 Å². The Hall–Kier alpha value is -3.23. The number of rotatable bonds is 2. The minimum absolute atomic E-state index is 0.491. The molecule has 0 aliphatic heterocycles. The summed E-state index contributed by atoms with van der Waals surface area (Å²) in [5, 5.41) is 9.49. The minimum atomic E-state index is -0.825. The summed E-state index contributed by atoms with van der Waals surface area (Å²) in [7, 11) is 0. The maximum Gasteiger partial charge on any atom is 0.328 e. The van der Waals surface area contributed by atoms with Crippen molar-refractivity contribution < 1.29 is 9.59 Å². The Kier molecular flexibility index (Phi) is 2.84. The standard InChI is InChI=1S/C11H9N7O2/c19-10(11(20)17-18-5-14-15-6-18)16-7-1-2-8-9(3-7)13-4-12-8/h1-6H,(H,12,13)(H,16,19)(H,17,20). The molecule has 0 radical (unpaired) electrons. The molecule has 9 heteroatoms. The molecule has 0 atom stereocenters. The fraction of sp³-hybridized carbons (Fsp3) is 0. The molecule has 0 saturated carbocycles. The first-order valence-electron chi connectivity index (χ1n) is 5.62. The van der Waals surface area contributed by atoms with E-state index in [0.717, 1.165) is 11.0 Å². The van der Waals surface area contributed by atoms with Gasteiger partial charge in [-0.05, 0) is 18.2 Å². The van der Waals surface area contributed by atoms with E-state index in [-0.39, 0.29) is 0 Å². The Morgan fingerprint density at radius 2 is 1.95 bits per heavy atom. The van der Waals surface area contributed by atoms with Crippen molar-refractivity contribution >= 4 is 28.5 Å². The van der Waals surface area contributed by atoms with Crippen LogP contribution in [-0.4, -0.2) is 36.7 Å². The van der Waals surface area contributed by atoms with Crippen molar-refractivity contribution in [2.75, 3.05) is 10.7 Å². The second kappa shape index (κ2) is 4.80. The summed E-state index contributed by atoms with van der Waals surface area (Å²) < 4.78 is 1.18. The molecule has 3 rings (SSSR count). The third-order valence-corrected chi connectivity index (χ3v) is 2.53. The lowest BCUT2D eigenvalue weighted by Gasteiger charge is -2.06. The number of H-pyrrole nitrogens is 1. The van der Waals surface area contributed by atoms with Crippen molar-refractivity contribution in [2.45, 2.75) is 0 Å². The molecule has 1 aromatic carbocycles. The summed E-state index contributed by atoms with van der Waals surface area (Å²) in [6, 6.07) is 5.08. The fourth-order valence-electron chi connectivity index (χ4n) is 1.63. The van der Waals surface area contributed by atoms with Crippen LogP contribution in [0.3, 0.4) is 0 Å². The number of nitrogens with one attached hydrogen (secondary N) is 3. The zero-order chi connectivity index (χ0) is 13.9. The van der Waals surface area contributed by atoms with Gasteiger partial charge in [0.2, 0.25) is 0 Å². The number of fused-ring (bicyclic) bond motifs is 1. The molecule has 0 fully saturated rings. The topological polar surface area (TPSA) is 118 Å². The van der Waals surface area contributed by atoms with Crippen LogP contribution in [0.5, 0.6) is 0 Å². The second-order valence-corrected chi connectivity index (χ2v) is 3.90. The number of hydrogen-bond acceptors (Lipinski definition) is 5. The zero-order valence-corrected chi connectivity index (χ0v) is 10.1. The van der Waals surface area contributed by atoms with E-state index in [1.165, 1.54) is 17.3 Å². The van der Waals surface area contributed by atoms with Crippen LogP contribution in [0.4, 0.5) is 5.69 Å². The number of aromatic nitrogens is 5. The molecule has 100 valence electrons. The highest BCUT2D eigenvalue weighted by atomic mass is 16.2. The van der Waals surface area contributed by atoms with E-state index in [0.29, 0.717) is 5.69 Å². The summed E-state index contributed by atoms with van der Waals surface area (Å²) >= 11 is 0. The predicted molar refractivity (Wildman–Crippen MR) is 69.1 cm³/mol. The number of carbonyl (C=O) groups is 2. The smallest absolute Gasteiger partial charge is 0.328 e. The Morgan fingerprint density at radius 3 is 2.75 bits per heavy atom. The van der Waals surface area contributed by atoms with Gasteiger partial charge in [0.25, 0.3) is 0 Å². The van der Waals surface area contributed by atoms with Gasteiger partial charge in [0.1, 0.15) is 12.7 Å². The van der Waals surface area contributed by atoms with Gasteiger partial charge in [-0.2, -0.15) is 0 Å². The molecule has 0 aliphatic carbocycles. The Balaban J connectivity index is 1.70. The summed E-state index contributed by atoms with van der Waals surface area (Å²) in [5.41, 5.74) is 4.33. The van der Waals surface area contributed by atoms with Crippen molar-refractivity contribution in [2.24, 2.45) is 0 Å². The van der Waals surface area contributed by atoms with Gasteiger partial charge in [-0.3, -0.25) is 15.0 Å². The molecule has 9 nitrogen and oxygen atoms in total. The summed E-state index contributed by atoms with van der Waals surface area (Å²) in [4.78, 5) is 30.3. The summed E-state index contributed by atoms with van der Waals surface area (Å²) in [6.07, 6.45) is 4.08. The van der Waals surface area contributed by atoms with E-state index in [1.807, 2.05) is 0 Å². The van der Waals surface area contributed by atoms with Crippen LogP contribution in [0, 0.1) is 0 Å². The SMILES string of the molecule is O=C(Nc1ccc2nc[nH]c2c1)C(=O)Nn1cnnc1. The molecule has 2 heterocycles. The van der Waals surface area contributed by atoms with Crippen LogP contribution in [0.1, 0.15) is 0 Å². The van der Waals surface area contributed by atoms with Gasteiger partial charge in [0.15, 0.2) is 0 Å². The average Bonchev–Trinajstić information content (AvgIpc) is 3.08. The van der Waals surface area contributed by atoms with E-state index < -0.39 is 11.8 Å². The van der Waals surface area contributed by atoms with Crippen LogP contribution in [-0.2, 0) is 9.59 Å². The van der Waals surface area contributed by atoms with E-state index >= 15 is 0 Å². The van der Waals surface area contributed by atoms with Crippen molar-refractivity contribution in [3.8, 4) is 0 Å². The first-order valence-corrected chi connectivity index (χ1v) is 5.62. The van der Waals surface area contributed by atoms with Gasteiger partial charge >= 0.3 is 11.8 Å². The number of hydrogen-bond donors (Lipinski definition) is 3. The van der Waals surface area contributed by atoms with Gasteiger partial charge in [-0.1, -0.05) is 0 Å². The van der Waals surface area contributed by atoms with Gasteiger partial charge < -0.3 is 10.3 Å². The van der Waals surface area contributed by atoms with Crippen LogP contribution in [0.2, 0.25) is 0 Å². The third-order valence-electron chi connectivity index (χ3n) is 2.53. The molecule has 2 aromatic heterocycles. The fourth-order valence-corrected chi connectivity index (χ4v) is 1.63. The molecule has 3 N–H and O–H groups in total.